The van der Waals surface area contributed by atoms with E-state index >= 15 is 0 Å². The Morgan fingerprint density at radius 3 is 2.27 bits per heavy atom. The predicted octanol–water partition coefficient (Wildman–Crippen LogP) is 2.54. The molecule has 0 spiro atoms. The van der Waals surface area contributed by atoms with Gasteiger partial charge in [-0.25, -0.2) is 0 Å². The number of likely N-dealkylation sites (tertiary alicyclic amines) is 1. The quantitative estimate of drug-likeness (QED) is 0.559. The molecule has 0 aromatic carbocycles. The average Bonchev–Trinajstić information content (AvgIpc) is 3.23. The minimum atomic E-state index is 0.294. The van der Waals surface area contributed by atoms with E-state index in [9.17, 15) is 0 Å². The van der Waals surface area contributed by atoms with Crippen LogP contribution in [0.1, 0.15) is 64.2 Å². The Bertz CT molecular complexity index is 484. The smallest absolute Gasteiger partial charge is 0.112 e. The first-order valence-corrected chi connectivity index (χ1v) is 12.7. The fourth-order valence-electron chi connectivity index (χ4n) is 6.53. The molecule has 2 saturated heterocycles. The average molecular weight is 423 g/mol. The van der Waals surface area contributed by atoms with Crippen molar-refractivity contribution >= 4 is 0 Å². The van der Waals surface area contributed by atoms with Gasteiger partial charge in [0.15, 0.2) is 0 Å². The second-order valence-corrected chi connectivity index (χ2v) is 10.4. The van der Waals surface area contributed by atoms with E-state index in [4.69, 9.17) is 9.47 Å². The van der Waals surface area contributed by atoms with Gasteiger partial charge >= 0.3 is 0 Å². The summed E-state index contributed by atoms with van der Waals surface area (Å²) in [5.74, 6) is 2.51. The number of hydrogen-bond acceptors (Lipinski definition) is 6. The molecule has 174 valence electrons. The van der Waals surface area contributed by atoms with Crippen molar-refractivity contribution in [2.75, 3.05) is 47.0 Å². The topological polar surface area (TPSA) is 57.8 Å². The first-order valence-electron chi connectivity index (χ1n) is 12.7. The molecule has 0 aromatic rings. The highest BCUT2D eigenvalue weighted by Crippen LogP contribution is 2.32. The molecule has 4 fully saturated rings. The standard InChI is InChI=1S/C24H46N4O2/c1-29-17-22-4-3-13-28(22)16-18-5-9-21(10-6-18)27-24-25-14-20(15-26-24)19-7-11-23(30-2)12-8-19/h18-27H,3-17H2,1-2H3/t18?,19?,20?,21?,22-,23?,24?/m0/s1. The van der Waals surface area contributed by atoms with Gasteiger partial charge < -0.3 is 9.47 Å². The van der Waals surface area contributed by atoms with Crippen LogP contribution in [0.2, 0.25) is 0 Å². The lowest BCUT2D eigenvalue weighted by Gasteiger charge is -2.41. The summed E-state index contributed by atoms with van der Waals surface area (Å²) in [4.78, 5) is 2.70. The minimum absolute atomic E-state index is 0.294. The maximum absolute atomic E-state index is 5.54. The van der Waals surface area contributed by atoms with Crippen LogP contribution in [0.3, 0.4) is 0 Å². The summed E-state index contributed by atoms with van der Waals surface area (Å²) in [5, 5.41) is 11.4. The highest BCUT2D eigenvalue weighted by atomic mass is 16.5. The first kappa shape index (κ1) is 22.9. The molecule has 0 unspecified atom stereocenters. The third-order valence-electron chi connectivity index (χ3n) is 8.49. The minimum Gasteiger partial charge on any atom is -0.383 e. The molecular weight excluding hydrogens is 376 g/mol. The number of nitrogens with zero attached hydrogens (tertiary/aromatic N) is 1. The fourth-order valence-corrected chi connectivity index (χ4v) is 6.53. The van der Waals surface area contributed by atoms with E-state index in [0.717, 1.165) is 37.5 Å². The lowest BCUT2D eigenvalue weighted by molar-refractivity contribution is 0.0413. The highest BCUT2D eigenvalue weighted by molar-refractivity contribution is 4.88. The lowest BCUT2D eigenvalue weighted by Crippen LogP contribution is -2.63. The van der Waals surface area contributed by atoms with E-state index in [2.05, 4.69) is 20.9 Å². The summed E-state index contributed by atoms with van der Waals surface area (Å²) in [5.41, 5.74) is 0. The molecule has 0 amide bonds. The number of hydrogen-bond donors (Lipinski definition) is 3. The van der Waals surface area contributed by atoms with Crippen molar-refractivity contribution in [1.29, 1.82) is 0 Å². The Morgan fingerprint density at radius 1 is 0.867 bits per heavy atom. The molecule has 30 heavy (non-hydrogen) atoms. The van der Waals surface area contributed by atoms with Crippen LogP contribution in [0.5, 0.6) is 0 Å². The van der Waals surface area contributed by atoms with Gasteiger partial charge in [0.05, 0.1) is 12.7 Å². The largest absolute Gasteiger partial charge is 0.383 e. The first-order chi connectivity index (χ1) is 14.7. The summed E-state index contributed by atoms with van der Waals surface area (Å²) in [6, 6.07) is 1.33. The van der Waals surface area contributed by atoms with Crippen LogP contribution < -0.4 is 16.0 Å². The Labute approximate surface area is 184 Å². The van der Waals surface area contributed by atoms with Gasteiger partial charge in [-0.05, 0) is 88.5 Å². The zero-order valence-corrected chi connectivity index (χ0v) is 19.4. The molecule has 6 nitrogen and oxygen atoms in total. The number of ether oxygens (including phenoxy) is 2. The van der Waals surface area contributed by atoms with Crippen LogP contribution in [0, 0.1) is 17.8 Å². The van der Waals surface area contributed by atoms with Crippen LogP contribution in [-0.2, 0) is 9.47 Å². The van der Waals surface area contributed by atoms with Gasteiger partial charge in [-0.3, -0.25) is 20.9 Å². The maximum atomic E-state index is 5.54. The molecule has 0 radical (unpaired) electrons. The third kappa shape index (κ3) is 6.17. The van der Waals surface area contributed by atoms with E-state index in [1.165, 1.54) is 77.3 Å². The maximum Gasteiger partial charge on any atom is 0.112 e. The number of methoxy groups -OCH3 is 2. The van der Waals surface area contributed by atoms with Crippen LogP contribution in [0.4, 0.5) is 0 Å². The number of nitrogens with one attached hydrogen (secondary N) is 3. The van der Waals surface area contributed by atoms with E-state index in [1.54, 1.807) is 0 Å². The Hall–Kier alpha value is -0.240. The molecule has 4 rings (SSSR count). The van der Waals surface area contributed by atoms with Crippen molar-refractivity contribution in [3.63, 3.8) is 0 Å². The van der Waals surface area contributed by atoms with E-state index in [1.807, 2.05) is 14.2 Å². The number of rotatable bonds is 8. The summed E-state index contributed by atoms with van der Waals surface area (Å²) in [6.45, 7) is 5.77. The summed E-state index contributed by atoms with van der Waals surface area (Å²) in [7, 11) is 3.71. The van der Waals surface area contributed by atoms with Crippen LogP contribution in [-0.4, -0.2) is 76.4 Å². The van der Waals surface area contributed by atoms with Crippen LogP contribution >= 0.6 is 0 Å². The SMILES string of the molecule is COC[C@@H]1CCCN1CC1CCC(NC2NCC(C3CCC(OC)CC3)CN2)CC1. The van der Waals surface area contributed by atoms with Crippen LogP contribution in [0.25, 0.3) is 0 Å². The van der Waals surface area contributed by atoms with Crippen molar-refractivity contribution in [1.82, 2.24) is 20.9 Å². The molecule has 6 heteroatoms. The van der Waals surface area contributed by atoms with Crippen molar-refractivity contribution in [2.24, 2.45) is 17.8 Å². The van der Waals surface area contributed by atoms with Crippen LogP contribution in [0.15, 0.2) is 0 Å². The fraction of sp³-hybridized carbons (Fsp3) is 1.00. The third-order valence-corrected chi connectivity index (χ3v) is 8.49. The summed E-state index contributed by atoms with van der Waals surface area (Å²) >= 11 is 0. The van der Waals surface area contributed by atoms with Gasteiger partial charge in [-0.15, -0.1) is 0 Å². The molecule has 4 aliphatic rings. The van der Waals surface area contributed by atoms with Crippen molar-refractivity contribution in [3.05, 3.63) is 0 Å². The molecule has 1 atom stereocenters. The Kier molecular flexibility index (Phi) is 8.85. The van der Waals surface area contributed by atoms with E-state index in [0.29, 0.717) is 24.5 Å². The lowest BCUT2D eigenvalue weighted by atomic mass is 9.78. The van der Waals surface area contributed by atoms with Gasteiger partial charge in [0, 0.05) is 45.9 Å². The summed E-state index contributed by atoms with van der Waals surface area (Å²) < 4.78 is 11.0. The van der Waals surface area contributed by atoms with Crippen molar-refractivity contribution in [2.45, 2.75) is 88.7 Å². The summed E-state index contributed by atoms with van der Waals surface area (Å²) in [6.07, 6.45) is 14.0. The second-order valence-electron chi connectivity index (χ2n) is 10.4. The molecule has 2 aliphatic carbocycles. The predicted molar refractivity (Wildman–Crippen MR) is 121 cm³/mol. The normalized spacial score (nSPS) is 41.2. The van der Waals surface area contributed by atoms with E-state index < -0.39 is 0 Å². The van der Waals surface area contributed by atoms with Gasteiger partial charge in [-0.2, -0.15) is 0 Å². The molecule has 3 N–H and O–H groups in total. The van der Waals surface area contributed by atoms with E-state index in [-0.39, 0.29) is 0 Å². The van der Waals surface area contributed by atoms with Gasteiger partial charge in [-0.1, -0.05) is 0 Å². The molecule has 0 bridgehead atoms. The van der Waals surface area contributed by atoms with Crippen molar-refractivity contribution in [3.8, 4) is 0 Å². The van der Waals surface area contributed by atoms with Gasteiger partial charge in [0.1, 0.15) is 6.29 Å². The molecule has 2 heterocycles. The van der Waals surface area contributed by atoms with Gasteiger partial charge in [0.2, 0.25) is 0 Å². The Morgan fingerprint density at radius 2 is 1.60 bits per heavy atom. The zero-order chi connectivity index (χ0) is 20.8. The molecular formula is C24H46N4O2. The van der Waals surface area contributed by atoms with Crippen molar-refractivity contribution < 1.29 is 9.47 Å². The van der Waals surface area contributed by atoms with Gasteiger partial charge in [0.25, 0.3) is 0 Å². The molecule has 0 aromatic heterocycles. The molecule has 2 saturated carbocycles. The monoisotopic (exact) mass is 422 g/mol. The zero-order valence-electron chi connectivity index (χ0n) is 19.4. The molecule has 2 aliphatic heterocycles. The second kappa shape index (κ2) is 11.6. The Balaban J connectivity index is 1.11. The highest BCUT2D eigenvalue weighted by Gasteiger charge is 2.32.